The molecule has 1 saturated carbocycles. The highest BCUT2D eigenvalue weighted by atomic mass is 16.2. The molecule has 1 unspecified atom stereocenters. The minimum Gasteiger partial charge on any atom is -0.352 e. The summed E-state index contributed by atoms with van der Waals surface area (Å²) in [5.74, 6) is -2.34. The summed E-state index contributed by atoms with van der Waals surface area (Å²) in [5, 5.41) is 23.0. The van der Waals surface area contributed by atoms with Gasteiger partial charge in [-0.1, -0.05) is 19.3 Å². The van der Waals surface area contributed by atoms with Crippen LogP contribution in [0.4, 0.5) is 0 Å². The van der Waals surface area contributed by atoms with Gasteiger partial charge in [-0.25, -0.2) is 4.68 Å². The van der Waals surface area contributed by atoms with Crippen molar-refractivity contribution >= 4 is 11.7 Å². The molecule has 1 aromatic carbocycles. The molecule has 8 nitrogen and oxygen atoms in total. The normalized spacial score (nSPS) is 16.0. The highest BCUT2D eigenvalue weighted by Gasteiger charge is 2.29. The van der Waals surface area contributed by atoms with E-state index >= 15 is 0 Å². The van der Waals surface area contributed by atoms with Crippen molar-refractivity contribution in [3.63, 3.8) is 0 Å². The third kappa shape index (κ3) is 3.88. The maximum absolute atomic E-state index is 12.5. The van der Waals surface area contributed by atoms with E-state index in [4.69, 9.17) is 0 Å². The number of Topliss-reactive ketones (excluding diaryl/α,β-unsaturated/α-hetero) is 1. The van der Waals surface area contributed by atoms with Crippen molar-refractivity contribution in [1.82, 2.24) is 25.5 Å². The molecule has 1 heterocycles. The highest BCUT2D eigenvalue weighted by Crippen LogP contribution is 2.18. The van der Waals surface area contributed by atoms with E-state index in [0.29, 0.717) is 11.3 Å². The van der Waals surface area contributed by atoms with Crippen LogP contribution in [0.25, 0.3) is 5.69 Å². The molecule has 0 aliphatic heterocycles. The summed E-state index contributed by atoms with van der Waals surface area (Å²) in [7, 11) is 0. The maximum atomic E-state index is 12.5. The summed E-state index contributed by atoms with van der Waals surface area (Å²) in [6.45, 7) is 0. The molecule has 3 rings (SSSR count). The van der Waals surface area contributed by atoms with E-state index in [1.54, 1.807) is 24.3 Å². The van der Waals surface area contributed by atoms with Crippen LogP contribution in [-0.2, 0) is 4.79 Å². The van der Waals surface area contributed by atoms with Gasteiger partial charge in [-0.3, -0.25) is 9.59 Å². The molecular formula is C17H18N6O2. The topological polar surface area (TPSA) is 114 Å². The number of carbonyl (C=O) groups is 2. The van der Waals surface area contributed by atoms with Gasteiger partial charge in [0, 0.05) is 11.6 Å². The number of nitrogens with zero attached hydrogens (tertiary/aromatic N) is 5. The Hall–Kier alpha value is -3.08. The average molecular weight is 338 g/mol. The fourth-order valence-electron chi connectivity index (χ4n) is 2.99. The van der Waals surface area contributed by atoms with Crippen molar-refractivity contribution in [2.75, 3.05) is 0 Å². The molecule has 0 radical (unpaired) electrons. The number of nitrogens with one attached hydrogen (secondary N) is 1. The third-order valence-electron chi connectivity index (χ3n) is 4.37. The minimum atomic E-state index is -1.33. The number of rotatable bonds is 5. The predicted molar refractivity (Wildman–Crippen MR) is 87.6 cm³/mol. The van der Waals surface area contributed by atoms with Crippen molar-refractivity contribution in [3.8, 4) is 11.8 Å². The standard InChI is InChI=1S/C17H18N6O2/c18-10-15(17(25)20-13-4-2-1-3-5-13)16(24)12-6-8-14(9-7-12)23-11-19-21-22-23/h6-9,11,13,15H,1-5H2,(H,20,25). The van der Waals surface area contributed by atoms with E-state index < -0.39 is 17.6 Å². The fraction of sp³-hybridized carbons (Fsp3) is 0.412. The minimum absolute atomic E-state index is 0.0621. The van der Waals surface area contributed by atoms with Gasteiger partial charge in [0.25, 0.3) is 0 Å². The Morgan fingerprint density at radius 1 is 1.20 bits per heavy atom. The third-order valence-corrected chi connectivity index (χ3v) is 4.37. The molecular weight excluding hydrogens is 320 g/mol. The number of tetrazole rings is 1. The number of aromatic nitrogens is 4. The van der Waals surface area contributed by atoms with Crippen molar-refractivity contribution in [2.45, 2.75) is 38.1 Å². The van der Waals surface area contributed by atoms with Gasteiger partial charge in [0.15, 0.2) is 11.7 Å². The Morgan fingerprint density at radius 2 is 1.92 bits per heavy atom. The van der Waals surface area contributed by atoms with Gasteiger partial charge in [-0.2, -0.15) is 5.26 Å². The smallest absolute Gasteiger partial charge is 0.245 e. The molecule has 1 N–H and O–H groups in total. The predicted octanol–water partition coefficient (Wildman–Crippen LogP) is 1.43. The van der Waals surface area contributed by atoms with Gasteiger partial charge >= 0.3 is 0 Å². The van der Waals surface area contributed by atoms with Gasteiger partial charge in [0.2, 0.25) is 5.91 Å². The first-order chi connectivity index (χ1) is 12.2. The Kier molecular flexibility index (Phi) is 5.14. The first-order valence-electron chi connectivity index (χ1n) is 8.26. The molecule has 1 aromatic heterocycles. The molecule has 0 saturated heterocycles. The summed E-state index contributed by atoms with van der Waals surface area (Å²) < 4.78 is 1.45. The molecule has 128 valence electrons. The van der Waals surface area contributed by atoms with Crippen LogP contribution < -0.4 is 5.32 Å². The molecule has 0 spiro atoms. The van der Waals surface area contributed by atoms with E-state index in [9.17, 15) is 14.9 Å². The number of carbonyl (C=O) groups excluding carboxylic acids is 2. The molecule has 1 amide bonds. The Labute approximate surface area is 144 Å². The number of ketones is 1. The van der Waals surface area contributed by atoms with Crippen molar-refractivity contribution in [3.05, 3.63) is 36.2 Å². The van der Waals surface area contributed by atoms with Crippen molar-refractivity contribution in [2.24, 2.45) is 5.92 Å². The van der Waals surface area contributed by atoms with Gasteiger partial charge in [0.05, 0.1) is 11.8 Å². The second-order valence-corrected chi connectivity index (χ2v) is 6.07. The quantitative estimate of drug-likeness (QED) is 0.652. The van der Waals surface area contributed by atoms with E-state index in [1.165, 1.54) is 17.4 Å². The van der Waals surface area contributed by atoms with Crippen LogP contribution in [0.2, 0.25) is 0 Å². The lowest BCUT2D eigenvalue weighted by Gasteiger charge is -2.23. The summed E-state index contributed by atoms with van der Waals surface area (Å²) in [5.41, 5.74) is 0.990. The number of amides is 1. The lowest BCUT2D eigenvalue weighted by Crippen LogP contribution is -2.42. The zero-order chi connectivity index (χ0) is 17.6. The first-order valence-corrected chi connectivity index (χ1v) is 8.26. The fourth-order valence-corrected chi connectivity index (χ4v) is 2.99. The van der Waals surface area contributed by atoms with Crippen LogP contribution >= 0.6 is 0 Å². The molecule has 1 aliphatic carbocycles. The number of hydrogen-bond donors (Lipinski definition) is 1. The van der Waals surface area contributed by atoms with E-state index in [0.717, 1.165) is 25.7 Å². The van der Waals surface area contributed by atoms with Crippen LogP contribution in [0, 0.1) is 17.2 Å². The molecule has 0 bridgehead atoms. The van der Waals surface area contributed by atoms with Crippen LogP contribution in [0.1, 0.15) is 42.5 Å². The van der Waals surface area contributed by atoms with Gasteiger partial charge in [-0.05, 0) is 47.5 Å². The monoisotopic (exact) mass is 338 g/mol. The summed E-state index contributed by atoms with van der Waals surface area (Å²) in [4.78, 5) is 24.9. The molecule has 1 fully saturated rings. The van der Waals surface area contributed by atoms with Crippen molar-refractivity contribution < 1.29 is 9.59 Å². The van der Waals surface area contributed by atoms with Crippen LogP contribution in [0.3, 0.4) is 0 Å². The van der Waals surface area contributed by atoms with Gasteiger partial charge in [0.1, 0.15) is 6.33 Å². The molecule has 2 aromatic rings. The summed E-state index contributed by atoms with van der Waals surface area (Å²) >= 11 is 0. The Morgan fingerprint density at radius 3 is 2.52 bits per heavy atom. The summed E-state index contributed by atoms with van der Waals surface area (Å²) in [6, 6.07) is 8.36. The molecule has 1 aliphatic rings. The SMILES string of the molecule is N#CC(C(=O)NC1CCCCC1)C(=O)c1ccc(-n2cnnn2)cc1. The Balaban J connectivity index is 1.69. The lowest BCUT2D eigenvalue weighted by molar-refractivity contribution is -0.123. The van der Waals surface area contributed by atoms with E-state index in [2.05, 4.69) is 20.8 Å². The number of benzene rings is 1. The van der Waals surface area contributed by atoms with Gasteiger partial charge < -0.3 is 5.32 Å². The van der Waals surface area contributed by atoms with Crippen LogP contribution in [0.5, 0.6) is 0 Å². The summed E-state index contributed by atoms with van der Waals surface area (Å²) in [6.07, 6.45) is 6.54. The second-order valence-electron chi connectivity index (χ2n) is 6.07. The van der Waals surface area contributed by atoms with E-state index in [-0.39, 0.29) is 6.04 Å². The zero-order valence-electron chi connectivity index (χ0n) is 13.6. The number of hydrogen-bond acceptors (Lipinski definition) is 6. The largest absolute Gasteiger partial charge is 0.352 e. The number of nitriles is 1. The second kappa shape index (κ2) is 7.66. The van der Waals surface area contributed by atoms with Crippen LogP contribution in [0.15, 0.2) is 30.6 Å². The highest BCUT2D eigenvalue weighted by molar-refractivity contribution is 6.12. The first kappa shape index (κ1) is 16.8. The maximum Gasteiger partial charge on any atom is 0.245 e. The molecule has 1 atom stereocenters. The van der Waals surface area contributed by atoms with Crippen molar-refractivity contribution in [1.29, 1.82) is 5.26 Å². The van der Waals surface area contributed by atoms with E-state index in [1.807, 2.05) is 6.07 Å². The lowest BCUT2D eigenvalue weighted by atomic mass is 9.93. The van der Waals surface area contributed by atoms with Crippen LogP contribution in [-0.4, -0.2) is 37.9 Å². The molecule has 25 heavy (non-hydrogen) atoms. The van der Waals surface area contributed by atoms with Gasteiger partial charge in [-0.15, -0.1) is 5.10 Å². The Bertz CT molecular complexity index is 772. The zero-order valence-corrected chi connectivity index (χ0v) is 13.6. The molecule has 8 heteroatoms. The average Bonchev–Trinajstić information content (AvgIpc) is 3.18.